The number of aromatic nitrogens is 2. The largest absolute Gasteiger partial charge is 0.337 e. The molecule has 2 heterocycles. The van der Waals surface area contributed by atoms with Gasteiger partial charge in [0.2, 0.25) is 0 Å². The summed E-state index contributed by atoms with van der Waals surface area (Å²) >= 11 is 1.46. The van der Waals surface area contributed by atoms with Crippen LogP contribution in [0.5, 0.6) is 0 Å². The van der Waals surface area contributed by atoms with Crippen molar-refractivity contribution in [3.8, 4) is 0 Å². The lowest BCUT2D eigenvalue weighted by Gasteiger charge is -2.19. The minimum absolute atomic E-state index is 0.159. The van der Waals surface area contributed by atoms with Crippen LogP contribution in [0, 0.1) is 19.7 Å². The summed E-state index contributed by atoms with van der Waals surface area (Å²) < 4.78 is 15.1. The first-order chi connectivity index (χ1) is 11.5. The van der Waals surface area contributed by atoms with Crippen molar-refractivity contribution in [3.63, 3.8) is 0 Å². The van der Waals surface area contributed by atoms with Gasteiger partial charge in [-0.3, -0.25) is 4.79 Å². The van der Waals surface area contributed by atoms with Gasteiger partial charge in [0, 0.05) is 24.3 Å². The third-order valence-electron chi connectivity index (χ3n) is 3.99. The standard InChI is InChI=1S/C18H18FN3OS/c1-11-10-15(24-12(11)2)18(23)21-16(17-20-8-9-22(17)3)13-4-6-14(19)7-5-13/h4-10,16H,1-3H3,(H,21,23)/t16-/m1/s1. The Hall–Kier alpha value is -2.47. The molecule has 3 rings (SSSR count). The summed E-state index contributed by atoms with van der Waals surface area (Å²) in [4.78, 5) is 18.8. The zero-order valence-corrected chi connectivity index (χ0v) is 14.5. The van der Waals surface area contributed by atoms with Crippen LogP contribution in [-0.2, 0) is 7.05 Å². The van der Waals surface area contributed by atoms with Crippen molar-refractivity contribution < 1.29 is 9.18 Å². The quantitative estimate of drug-likeness (QED) is 0.784. The Morgan fingerprint density at radius 2 is 2.00 bits per heavy atom. The molecule has 124 valence electrons. The van der Waals surface area contributed by atoms with Gasteiger partial charge in [-0.1, -0.05) is 12.1 Å². The van der Waals surface area contributed by atoms with Gasteiger partial charge in [-0.2, -0.15) is 0 Å². The molecule has 0 aliphatic carbocycles. The number of carbonyl (C=O) groups excluding carboxylic acids is 1. The summed E-state index contributed by atoms with van der Waals surface area (Å²) in [6.07, 6.45) is 3.49. The first-order valence-electron chi connectivity index (χ1n) is 7.56. The van der Waals surface area contributed by atoms with Crippen LogP contribution in [0.2, 0.25) is 0 Å². The van der Waals surface area contributed by atoms with E-state index in [0.29, 0.717) is 10.7 Å². The molecule has 0 aliphatic rings. The van der Waals surface area contributed by atoms with Gasteiger partial charge >= 0.3 is 0 Å². The van der Waals surface area contributed by atoms with Crippen molar-refractivity contribution in [2.75, 3.05) is 0 Å². The van der Waals surface area contributed by atoms with Crippen molar-refractivity contribution in [1.29, 1.82) is 0 Å². The lowest BCUT2D eigenvalue weighted by atomic mass is 10.1. The van der Waals surface area contributed by atoms with E-state index < -0.39 is 6.04 Å². The molecule has 2 aromatic heterocycles. The number of hydrogen-bond acceptors (Lipinski definition) is 3. The molecule has 4 nitrogen and oxygen atoms in total. The molecule has 0 fully saturated rings. The highest BCUT2D eigenvalue weighted by atomic mass is 32.1. The van der Waals surface area contributed by atoms with Gasteiger partial charge in [0.05, 0.1) is 4.88 Å². The Balaban J connectivity index is 1.94. The van der Waals surface area contributed by atoms with Crippen molar-refractivity contribution in [2.45, 2.75) is 19.9 Å². The van der Waals surface area contributed by atoms with Gasteiger partial charge in [0.1, 0.15) is 17.7 Å². The summed E-state index contributed by atoms with van der Waals surface area (Å²) in [6, 6.07) is 7.55. The molecular formula is C18H18FN3OS. The second kappa shape index (κ2) is 6.57. The molecule has 0 saturated carbocycles. The van der Waals surface area contributed by atoms with Crippen LogP contribution in [-0.4, -0.2) is 15.5 Å². The Morgan fingerprint density at radius 1 is 1.29 bits per heavy atom. The van der Waals surface area contributed by atoms with Crippen molar-refractivity contribution in [3.05, 3.63) is 75.2 Å². The monoisotopic (exact) mass is 343 g/mol. The summed E-state index contributed by atoms with van der Waals surface area (Å²) in [6.45, 7) is 3.98. The number of nitrogens with one attached hydrogen (secondary N) is 1. The van der Waals surface area contributed by atoms with Gasteiger partial charge in [-0.05, 0) is 43.2 Å². The van der Waals surface area contributed by atoms with Gasteiger partial charge in [0.15, 0.2) is 0 Å². The predicted molar refractivity (Wildman–Crippen MR) is 92.7 cm³/mol. The summed E-state index contributed by atoms with van der Waals surface area (Å²) in [7, 11) is 1.87. The Kier molecular flexibility index (Phi) is 4.49. The molecule has 24 heavy (non-hydrogen) atoms. The Labute approximate surface area is 144 Å². The highest BCUT2D eigenvalue weighted by Crippen LogP contribution is 2.24. The fourth-order valence-corrected chi connectivity index (χ4v) is 3.43. The van der Waals surface area contributed by atoms with E-state index in [1.165, 1.54) is 23.5 Å². The van der Waals surface area contributed by atoms with Gasteiger partial charge in [-0.15, -0.1) is 11.3 Å². The molecule has 0 saturated heterocycles. The second-order valence-electron chi connectivity index (χ2n) is 5.70. The zero-order chi connectivity index (χ0) is 17.3. The molecule has 0 spiro atoms. The third kappa shape index (κ3) is 3.23. The van der Waals surface area contributed by atoms with E-state index >= 15 is 0 Å². The maximum atomic E-state index is 13.2. The Bertz CT molecular complexity index is 847. The van der Waals surface area contributed by atoms with Crippen LogP contribution in [0.3, 0.4) is 0 Å². The van der Waals surface area contributed by atoms with Gasteiger partial charge in [-0.25, -0.2) is 9.37 Å². The van der Waals surface area contributed by atoms with Crippen LogP contribution in [0.15, 0.2) is 42.7 Å². The lowest BCUT2D eigenvalue weighted by Crippen LogP contribution is -2.30. The van der Waals surface area contributed by atoms with Crippen molar-refractivity contribution >= 4 is 17.2 Å². The van der Waals surface area contributed by atoms with E-state index in [1.54, 1.807) is 18.3 Å². The van der Waals surface area contributed by atoms with Gasteiger partial charge in [0.25, 0.3) is 5.91 Å². The smallest absolute Gasteiger partial charge is 0.262 e. The highest BCUT2D eigenvalue weighted by Gasteiger charge is 2.22. The molecule has 1 amide bonds. The van der Waals surface area contributed by atoms with Crippen LogP contribution in [0.25, 0.3) is 0 Å². The number of hydrogen-bond donors (Lipinski definition) is 1. The SMILES string of the molecule is Cc1cc(C(=O)N[C@H](c2ccc(F)cc2)c2nccn2C)sc1C. The molecule has 0 unspecified atom stereocenters. The van der Waals surface area contributed by atoms with Crippen LogP contribution in [0.4, 0.5) is 4.39 Å². The molecule has 0 bridgehead atoms. The average molecular weight is 343 g/mol. The summed E-state index contributed by atoms with van der Waals surface area (Å²) in [5.74, 6) is 0.224. The van der Waals surface area contributed by atoms with E-state index in [9.17, 15) is 9.18 Å². The van der Waals surface area contributed by atoms with Gasteiger partial charge < -0.3 is 9.88 Å². The first-order valence-corrected chi connectivity index (χ1v) is 8.38. The molecule has 1 N–H and O–H groups in total. The summed E-state index contributed by atoms with van der Waals surface area (Å²) in [5, 5.41) is 3.02. The minimum Gasteiger partial charge on any atom is -0.337 e. The summed E-state index contributed by atoms with van der Waals surface area (Å²) in [5.41, 5.74) is 1.88. The molecule has 3 aromatic rings. The number of nitrogens with zero attached hydrogens (tertiary/aromatic N) is 2. The third-order valence-corrected chi connectivity index (χ3v) is 5.14. The number of benzene rings is 1. The van der Waals surface area contributed by atoms with Crippen molar-refractivity contribution in [2.24, 2.45) is 7.05 Å². The normalized spacial score (nSPS) is 12.2. The highest BCUT2D eigenvalue weighted by molar-refractivity contribution is 7.14. The maximum absolute atomic E-state index is 13.2. The van der Waals surface area contributed by atoms with Crippen molar-refractivity contribution in [1.82, 2.24) is 14.9 Å². The number of halogens is 1. The number of carbonyl (C=O) groups is 1. The number of aryl methyl sites for hydroxylation is 3. The zero-order valence-electron chi connectivity index (χ0n) is 13.7. The Morgan fingerprint density at radius 3 is 2.54 bits per heavy atom. The molecule has 1 atom stereocenters. The molecular weight excluding hydrogens is 325 g/mol. The number of imidazole rings is 1. The molecule has 0 radical (unpaired) electrons. The number of thiophene rings is 1. The van der Waals surface area contributed by atoms with Crippen LogP contribution < -0.4 is 5.32 Å². The number of amides is 1. The lowest BCUT2D eigenvalue weighted by molar-refractivity contribution is 0.0945. The minimum atomic E-state index is -0.444. The molecule has 1 aromatic carbocycles. The van der Waals surface area contributed by atoms with Crippen LogP contribution in [0.1, 0.15) is 37.5 Å². The van der Waals surface area contributed by atoms with E-state index in [2.05, 4.69) is 10.3 Å². The van der Waals surface area contributed by atoms with E-state index in [0.717, 1.165) is 16.0 Å². The topological polar surface area (TPSA) is 46.9 Å². The maximum Gasteiger partial charge on any atom is 0.262 e. The average Bonchev–Trinajstić information content (AvgIpc) is 3.12. The van der Waals surface area contributed by atoms with Crippen LogP contribution >= 0.6 is 11.3 Å². The first kappa shape index (κ1) is 16.4. The fourth-order valence-electron chi connectivity index (χ4n) is 2.49. The second-order valence-corrected chi connectivity index (χ2v) is 6.96. The molecule has 6 heteroatoms. The van der Waals surface area contributed by atoms with E-state index in [-0.39, 0.29) is 11.7 Å². The predicted octanol–water partition coefficient (Wildman–Crippen LogP) is 3.76. The fraction of sp³-hybridized carbons (Fsp3) is 0.222. The number of rotatable bonds is 4. The van der Waals surface area contributed by atoms with E-state index in [4.69, 9.17) is 0 Å². The van der Waals surface area contributed by atoms with E-state index in [1.807, 2.05) is 37.7 Å². The molecule has 0 aliphatic heterocycles.